The highest BCUT2D eigenvalue weighted by Crippen LogP contribution is 2.17. The minimum Gasteiger partial charge on any atom is -0.462 e. The van der Waals surface area contributed by atoms with Gasteiger partial charge in [0.15, 0.2) is 6.10 Å². The Morgan fingerprint density at radius 2 is 0.493 bits per heavy atom. The number of rotatable bonds is 59. The molecule has 0 heterocycles. The first kappa shape index (κ1) is 70.4. The van der Waals surface area contributed by atoms with Gasteiger partial charge in [-0.25, -0.2) is 0 Å². The SMILES string of the molecule is CCCCC/C=C\C/C=C\CCCCCCCCCCCC(=O)OC[C@H](COC(=O)CCCCCCCCC/C=C\C/C=C\CCCCC)OC(=O)CCCCCCCCCCCCCCCCCCCCC. The molecule has 0 unspecified atom stereocenters. The third-order valence-electron chi connectivity index (χ3n) is 14.3. The predicted octanol–water partition coefficient (Wildman–Crippen LogP) is 21.8. The third kappa shape index (κ3) is 60.1. The van der Waals surface area contributed by atoms with Gasteiger partial charge in [0.1, 0.15) is 13.2 Å². The van der Waals surface area contributed by atoms with E-state index < -0.39 is 6.10 Å². The van der Waals surface area contributed by atoms with Crippen molar-refractivity contribution in [2.45, 2.75) is 348 Å². The molecule has 1 atom stereocenters. The van der Waals surface area contributed by atoms with Crippen molar-refractivity contribution in [2.24, 2.45) is 0 Å². The van der Waals surface area contributed by atoms with E-state index in [1.165, 1.54) is 225 Å². The molecule has 0 fully saturated rings. The van der Waals surface area contributed by atoms with Gasteiger partial charge in [-0.05, 0) is 83.5 Å². The number of esters is 3. The molecule has 6 heteroatoms. The van der Waals surface area contributed by atoms with Crippen molar-refractivity contribution in [1.29, 1.82) is 0 Å². The zero-order chi connectivity index (χ0) is 52.9. The summed E-state index contributed by atoms with van der Waals surface area (Å²) in [7, 11) is 0. The lowest BCUT2D eigenvalue weighted by atomic mass is 10.0. The Labute approximate surface area is 454 Å². The number of hydrogen-bond acceptors (Lipinski definition) is 6. The first-order chi connectivity index (χ1) is 36.0. The van der Waals surface area contributed by atoms with E-state index in [-0.39, 0.29) is 31.1 Å². The average molecular weight is 1020 g/mol. The monoisotopic (exact) mass is 1020 g/mol. The van der Waals surface area contributed by atoms with Crippen molar-refractivity contribution in [3.63, 3.8) is 0 Å². The highest BCUT2D eigenvalue weighted by molar-refractivity contribution is 5.71. The molecular formula is C67H122O6. The molecule has 0 radical (unpaired) electrons. The normalized spacial score (nSPS) is 12.3. The minimum absolute atomic E-state index is 0.0744. The van der Waals surface area contributed by atoms with Crippen LogP contribution >= 0.6 is 0 Å². The molecule has 73 heavy (non-hydrogen) atoms. The van der Waals surface area contributed by atoms with Gasteiger partial charge in [0.25, 0.3) is 0 Å². The van der Waals surface area contributed by atoms with Gasteiger partial charge in [0.05, 0.1) is 0 Å². The van der Waals surface area contributed by atoms with E-state index in [9.17, 15) is 14.4 Å². The molecule has 0 aliphatic carbocycles. The summed E-state index contributed by atoms with van der Waals surface area (Å²) in [6.45, 7) is 6.64. The van der Waals surface area contributed by atoms with Gasteiger partial charge in [-0.3, -0.25) is 14.4 Å². The Bertz CT molecular complexity index is 1270. The smallest absolute Gasteiger partial charge is 0.306 e. The second-order valence-electron chi connectivity index (χ2n) is 21.7. The zero-order valence-corrected chi connectivity index (χ0v) is 48.9. The first-order valence-corrected chi connectivity index (χ1v) is 32.1. The lowest BCUT2D eigenvalue weighted by Gasteiger charge is -2.18. The molecule has 0 aliphatic rings. The van der Waals surface area contributed by atoms with Crippen LogP contribution in [0, 0.1) is 0 Å². The predicted molar refractivity (Wildman–Crippen MR) is 316 cm³/mol. The molecule has 6 nitrogen and oxygen atoms in total. The van der Waals surface area contributed by atoms with Gasteiger partial charge in [-0.2, -0.15) is 0 Å². The van der Waals surface area contributed by atoms with E-state index in [1.54, 1.807) is 0 Å². The van der Waals surface area contributed by atoms with Gasteiger partial charge in [0.2, 0.25) is 0 Å². The highest BCUT2D eigenvalue weighted by Gasteiger charge is 2.19. The summed E-state index contributed by atoms with van der Waals surface area (Å²) in [5.41, 5.74) is 0. The van der Waals surface area contributed by atoms with Crippen LogP contribution in [0.5, 0.6) is 0 Å². The van der Waals surface area contributed by atoms with Crippen molar-refractivity contribution in [1.82, 2.24) is 0 Å². The van der Waals surface area contributed by atoms with E-state index in [0.717, 1.165) is 77.0 Å². The summed E-state index contributed by atoms with van der Waals surface area (Å²) in [5, 5.41) is 0. The molecule has 0 saturated heterocycles. The van der Waals surface area contributed by atoms with Crippen molar-refractivity contribution < 1.29 is 28.6 Å². The molecular weight excluding hydrogens is 901 g/mol. The molecule has 0 amide bonds. The fourth-order valence-corrected chi connectivity index (χ4v) is 9.45. The molecule has 0 rings (SSSR count). The van der Waals surface area contributed by atoms with Crippen LogP contribution in [-0.2, 0) is 28.6 Å². The fraction of sp³-hybridized carbons (Fsp3) is 0.836. The van der Waals surface area contributed by atoms with Crippen LogP contribution in [-0.4, -0.2) is 37.2 Å². The van der Waals surface area contributed by atoms with Crippen molar-refractivity contribution >= 4 is 17.9 Å². The summed E-state index contributed by atoms with van der Waals surface area (Å²) in [4.78, 5) is 38.3. The highest BCUT2D eigenvalue weighted by atomic mass is 16.6. The first-order valence-electron chi connectivity index (χ1n) is 32.1. The number of unbranched alkanes of at least 4 members (excludes halogenated alkanes) is 40. The Kier molecular flexibility index (Phi) is 59.7. The molecule has 0 aliphatic heterocycles. The Morgan fingerprint density at radius 1 is 0.274 bits per heavy atom. The van der Waals surface area contributed by atoms with Crippen LogP contribution in [0.2, 0.25) is 0 Å². The van der Waals surface area contributed by atoms with Crippen LogP contribution in [0.15, 0.2) is 48.6 Å². The lowest BCUT2D eigenvalue weighted by molar-refractivity contribution is -0.167. The van der Waals surface area contributed by atoms with E-state index >= 15 is 0 Å². The van der Waals surface area contributed by atoms with Gasteiger partial charge in [-0.15, -0.1) is 0 Å². The third-order valence-corrected chi connectivity index (χ3v) is 14.3. The van der Waals surface area contributed by atoms with Crippen molar-refractivity contribution in [3.8, 4) is 0 Å². The molecule has 0 spiro atoms. The zero-order valence-electron chi connectivity index (χ0n) is 48.9. The van der Waals surface area contributed by atoms with Crippen molar-refractivity contribution in [2.75, 3.05) is 13.2 Å². The maximum Gasteiger partial charge on any atom is 0.306 e. The Balaban J connectivity index is 4.35. The van der Waals surface area contributed by atoms with Crippen molar-refractivity contribution in [3.05, 3.63) is 48.6 Å². The summed E-state index contributed by atoms with van der Waals surface area (Å²) in [6, 6.07) is 0. The topological polar surface area (TPSA) is 78.9 Å². The molecule has 0 aromatic heterocycles. The summed E-state index contributed by atoms with van der Waals surface area (Å²) >= 11 is 0. The summed E-state index contributed by atoms with van der Waals surface area (Å²) in [5.74, 6) is -0.864. The standard InChI is InChI=1S/C67H122O6/c1-4-7-10-13-16-19-22-25-28-31-33-36-39-42-45-48-51-54-57-60-66(69)72-63-64(62-71-65(68)59-56-53-50-47-44-41-38-35-30-27-24-21-18-15-12-9-6-3)73-67(70)61-58-55-52-49-46-43-40-37-34-32-29-26-23-20-17-14-11-8-5-2/h16,18-19,21,25,27-28,30,64H,4-15,17,20,22-24,26,29,31-63H2,1-3H3/b19-16-,21-18-,28-25-,30-27-/t64-/m0/s1. The number of carbonyl (C=O) groups is 3. The van der Waals surface area contributed by atoms with Gasteiger partial charge in [0, 0.05) is 19.3 Å². The van der Waals surface area contributed by atoms with E-state index in [0.29, 0.717) is 19.3 Å². The maximum atomic E-state index is 12.9. The number of ether oxygens (including phenoxy) is 3. The van der Waals surface area contributed by atoms with Crippen LogP contribution < -0.4 is 0 Å². The maximum absolute atomic E-state index is 12.9. The van der Waals surface area contributed by atoms with E-state index in [1.807, 2.05) is 0 Å². The van der Waals surface area contributed by atoms with Crippen LogP contribution in [0.4, 0.5) is 0 Å². The second kappa shape index (κ2) is 61.9. The van der Waals surface area contributed by atoms with Gasteiger partial charge >= 0.3 is 17.9 Å². The Morgan fingerprint density at radius 3 is 0.781 bits per heavy atom. The average Bonchev–Trinajstić information content (AvgIpc) is 3.39. The van der Waals surface area contributed by atoms with Gasteiger partial charge in [-0.1, -0.05) is 288 Å². The second-order valence-corrected chi connectivity index (χ2v) is 21.7. The fourth-order valence-electron chi connectivity index (χ4n) is 9.45. The quantitative estimate of drug-likeness (QED) is 0.0261. The molecule has 0 bridgehead atoms. The number of hydrogen-bond donors (Lipinski definition) is 0. The van der Waals surface area contributed by atoms with Crippen LogP contribution in [0.25, 0.3) is 0 Å². The Hall–Kier alpha value is -2.63. The lowest BCUT2D eigenvalue weighted by Crippen LogP contribution is -2.30. The van der Waals surface area contributed by atoms with Gasteiger partial charge < -0.3 is 14.2 Å². The molecule has 426 valence electrons. The molecule has 0 aromatic carbocycles. The molecule has 0 N–H and O–H groups in total. The van der Waals surface area contributed by atoms with Crippen LogP contribution in [0.3, 0.4) is 0 Å². The summed E-state index contributed by atoms with van der Waals surface area (Å²) < 4.78 is 17.0. The van der Waals surface area contributed by atoms with E-state index in [4.69, 9.17) is 14.2 Å². The van der Waals surface area contributed by atoms with Crippen LogP contribution in [0.1, 0.15) is 342 Å². The molecule has 0 saturated carbocycles. The number of carbonyl (C=O) groups excluding carboxylic acids is 3. The molecule has 0 aromatic rings. The van der Waals surface area contributed by atoms with E-state index in [2.05, 4.69) is 69.4 Å². The largest absolute Gasteiger partial charge is 0.462 e. The summed E-state index contributed by atoms with van der Waals surface area (Å²) in [6.07, 6.45) is 76.8. The number of allylic oxidation sites excluding steroid dienone is 8. The minimum atomic E-state index is -0.777.